The summed E-state index contributed by atoms with van der Waals surface area (Å²) in [7, 11) is -2.05. The van der Waals surface area contributed by atoms with E-state index in [-0.39, 0.29) is 5.91 Å². The second kappa shape index (κ2) is 9.50. The highest BCUT2D eigenvalue weighted by Gasteiger charge is 2.29. The maximum Gasteiger partial charge on any atom is 0.243 e. The fourth-order valence-corrected chi connectivity index (χ4v) is 5.54. The second-order valence-electron chi connectivity index (χ2n) is 6.50. The summed E-state index contributed by atoms with van der Waals surface area (Å²) in [6, 6.07) is 5.81. The second-order valence-corrected chi connectivity index (χ2v) is 9.77. The van der Waals surface area contributed by atoms with Gasteiger partial charge in [0.2, 0.25) is 15.9 Å². The Morgan fingerprint density at radius 1 is 1.31 bits per heavy atom. The number of ether oxygens (including phenoxy) is 1. The van der Waals surface area contributed by atoms with Gasteiger partial charge < -0.3 is 10.1 Å². The van der Waals surface area contributed by atoms with E-state index in [1.165, 1.54) is 25.7 Å². The van der Waals surface area contributed by atoms with Crippen LogP contribution in [0.1, 0.15) is 32.6 Å². The minimum Gasteiger partial charge on any atom is -0.497 e. The van der Waals surface area contributed by atoms with Gasteiger partial charge >= 0.3 is 0 Å². The number of nitrogens with zero attached hydrogens (tertiary/aromatic N) is 1. The first kappa shape index (κ1) is 20.9. The number of thioether (sulfide) groups is 1. The van der Waals surface area contributed by atoms with Gasteiger partial charge in [-0.2, -0.15) is 11.8 Å². The van der Waals surface area contributed by atoms with Gasteiger partial charge in [-0.15, -0.1) is 0 Å². The van der Waals surface area contributed by atoms with E-state index in [0.29, 0.717) is 23.2 Å². The van der Waals surface area contributed by atoms with Crippen LogP contribution < -0.4 is 14.4 Å². The molecule has 1 aliphatic rings. The molecule has 0 aliphatic heterocycles. The average molecular weight is 401 g/mol. The Morgan fingerprint density at radius 2 is 1.92 bits per heavy atom. The summed E-state index contributed by atoms with van der Waals surface area (Å²) in [5, 5.41) is 3.57. The van der Waals surface area contributed by atoms with E-state index in [1.54, 1.807) is 38.3 Å². The van der Waals surface area contributed by atoms with Crippen molar-refractivity contribution in [3.63, 3.8) is 0 Å². The van der Waals surface area contributed by atoms with E-state index < -0.39 is 16.1 Å². The number of carbonyl (C=O) groups is 1. The smallest absolute Gasteiger partial charge is 0.243 e. The Labute approximate surface area is 160 Å². The molecule has 1 aliphatic carbocycles. The van der Waals surface area contributed by atoms with E-state index in [2.05, 4.69) is 5.32 Å². The van der Waals surface area contributed by atoms with E-state index in [0.717, 1.165) is 16.3 Å². The molecule has 6 nitrogen and oxygen atoms in total. The fraction of sp³-hybridized carbons (Fsp3) is 0.611. The Kier molecular flexibility index (Phi) is 7.64. The number of hydrogen-bond acceptors (Lipinski definition) is 5. The normalized spacial score (nSPS) is 16.3. The molecule has 1 fully saturated rings. The van der Waals surface area contributed by atoms with Gasteiger partial charge in [-0.25, -0.2) is 8.42 Å². The molecule has 2 rings (SSSR count). The van der Waals surface area contributed by atoms with Crippen LogP contribution >= 0.6 is 11.8 Å². The number of methoxy groups -OCH3 is 1. The van der Waals surface area contributed by atoms with Crippen molar-refractivity contribution in [2.75, 3.05) is 30.0 Å². The first-order valence-electron chi connectivity index (χ1n) is 8.85. The number of hydrogen-bond donors (Lipinski definition) is 1. The van der Waals surface area contributed by atoms with Crippen LogP contribution in [0.4, 0.5) is 5.69 Å². The molecule has 26 heavy (non-hydrogen) atoms. The summed E-state index contributed by atoms with van der Waals surface area (Å²) >= 11 is 1.89. The topological polar surface area (TPSA) is 75.7 Å². The van der Waals surface area contributed by atoms with Crippen LogP contribution in [0.25, 0.3) is 0 Å². The summed E-state index contributed by atoms with van der Waals surface area (Å²) in [5.74, 6) is 1.19. The minimum absolute atomic E-state index is 0.293. The maximum atomic E-state index is 12.5. The maximum absolute atomic E-state index is 12.5. The standard InChI is InChI=1S/C18H28N2O4S2/c1-14(18(21)19-12-13-25-17-6-4-5-7-17)20(26(3,22)23)15-8-10-16(24-2)11-9-15/h8-11,14,17H,4-7,12-13H2,1-3H3,(H,19,21)/t14-/m1/s1. The lowest BCUT2D eigenvalue weighted by molar-refractivity contribution is -0.121. The average Bonchev–Trinajstić information content (AvgIpc) is 3.11. The van der Waals surface area contributed by atoms with E-state index >= 15 is 0 Å². The van der Waals surface area contributed by atoms with Gasteiger partial charge in [0.15, 0.2) is 0 Å². The van der Waals surface area contributed by atoms with Gasteiger partial charge in [-0.3, -0.25) is 9.10 Å². The zero-order valence-corrected chi connectivity index (χ0v) is 17.2. The minimum atomic E-state index is -3.60. The highest BCUT2D eigenvalue weighted by molar-refractivity contribution is 7.99. The van der Waals surface area contributed by atoms with Crippen molar-refractivity contribution in [1.82, 2.24) is 5.32 Å². The van der Waals surface area contributed by atoms with Crippen molar-refractivity contribution >= 4 is 33.4 Å². The largest absolute Gasteiger partial charge is 0.497 e. The third-order valence-electron chi connectivity index (χ3n) is 4.47. The summed E-state index contributed by atoms with van der Waals surface area (Å²) in [5.41, 5.74) is 0.441. The lowest BCUT2D eigenvalue weighted by Crippen LogP contribution is -2.48. The zero-order valence-electron chi connectivity index (χ0n) is 15.6. The van der Waals surface area contributed by atoms with Gasteiger partial charge in [-0.05, 0) is 44.0 Å². The lowest BCUT2D eigenvalue weighted by atomic mass is 10.2. The van der Waals surface area contributed by atoms with Crippen LogP contribution in [-0.2, 0) is 14.8 Å². The van der Waals surface area contributed by atoms with E-state index in [1.807, 2.05) is 11.8 Å². The summed E-state index contributed by atoms with van der Waals surface area (Å²) in [6.45, 7) is 2.15. The quantitative estimate of drug-likeness (QED) is 0.645. The Balaban J connectivity index is 1.96. The molecule has 8 heteroatoms. The van der Waals surface area contributed by atoms with Gasteiger partial charge in [0.1, 0.15) is 11.8 Å². The van der Waals surface area contributed by atoms with Crippen molar-refractivity contribution in [3.05, 3.63) is 24.3 Å². The van der Waals surface area contributed by atoms with Crippen LogP contribution in [0.2, 0.25) is 0 Å². The molecule has 1 amide bonds. The van der Waals surface area contributed by atoms with Crippen molar-refractivity contribution in [3.8, 4) is 5.75 Å². The monoisotopic (exact) mass is 400 g/mol. The molecule has 1 atom stereocenters. The number of carbonyl (C=O) groups excluding carboxylic acids is 1. The van der Waals surface area contributed by atoms with Crippen LogP contribution in [0, 0.1) is 0 Å². The van der Waals surface area contributed by atoms with E-state index in [4.69, 9.17) is 4.74 Å². The van der Waals surface area contributed by atoms with E-state index in [9.17, 15) is 13.2 Å². The summed E-state index contributed by atoms with van der Waals surface area (Å²) < 4.78 is 30.7. The fourth-order valence-electron chi connectivity index (χ4n) is 3.14. The van der Waals surface area contributed by atoms with Crippen LogP contribution in [-0.4, -0.2) is 51.3 Å². The molecule has 0 unspecified atom stereocenters. The number of anilines is 1. The zero-order chi connectivity index (χ0) is 19.2. The number of benzene rings is 1. The third-order valence-corrected chi connectivity index (χ3v) is 7.10. The number of sulfonamides is 1. The van der Waals surface area contributed by atoms with Gasteiger partial charge in [0.05, 0.1) is 19.1 Å². The van der Waals surface area contributed by atoms with Crippen LogP contribution in [0.15, 0.2) is 24.3 Å². The van der Waals surface area contributed by atoms with Crippen LogP contribution in [0.5, 0.6) is 5.75 Å². The Hall–Kier alpha value is -1.41. The van der Waals surface area contributed by atoms with Crippen molar-refractivity contribution in [1.29, 1.82) is 0 Å². The molecule has 1 aromatic rings. The molecule has 0 heterocycles. The van der Waals surface area contributed by atoms with Gasteiger partial charge in [0.25, 0.3) is 0 Å². The predicted octanol–water partition coefficient (Wildman–Crippen LogP) is 2.64. The molecule has 0 radical (unpaired) electrons. The van der Waals surface area contributed by atoms with Crippen molar-refractivity contribution < 1.29 is 17.9 Å². The highest BCUT2D eigenvalue weighted by Crippen LogP contribution is 2.29. The van der Waals surface area contributed by atoms with Crippen molar-refractivity contribution in [2.45, 2.75) is 43.9 Å². The number of amides is 1. The molecule has 1 aromatic carbocycles. The summed E-state index contributed by atoms with van der Waals surface area (Å²) in [4.78, 5) is 12.5. The first-order valence-corrected chi connectivity index (χ1v) is 11.8. The molecule has 0 bridgehead atoms. The summed E-state index contributed by atoms with van der Waals surface area (Å²) in [6.07, 6.45) is 6.22. The number of nitrogens with one attached hydrogen (secondary N) is 1. The molecule has 0 aromatic heterocycles. The molecular formula is C18H28N2O4S2. The molecule has 1 N–H and O–H groups in total. The van der Waals surface area contributed by atoms with Gasteiger partial charge in [0, 0.05) is 17.5 Å². The molecular weight excluding hydrogens is 372 g/mol. The first-order chi connectivity index (χ1) is 12.3. The van der Waals surface area contributed by atoms with Gasteiger partial charge in [-0.1, -0.05) is 12.8 Å². The lowest BCUT2D eigenvalue weighted by Gasteiger charge is -2.28. The molecule has 0 saturated heterocycles. The van der Waals surface area contributed by atoms with Crippen LogP contribution in [0.3, 0.4) is 0 Å². The molecule has 1 saturated carbocycles. The highest BCUT2D eigenvalue weighted by atomic mass is 32.2. The predicted molar refractivity (Wildman–Crippen MR) is 108 cm³/mol. The third kappa shape index (κ3) is 5.81. The SMILES string of the molecule is COc1ccc(N([C@H](C)C(=O)NCCSC2CCCC2)S(C)(=O)=O)cc1. The number of rotatable bonds is 9. The Morgan fingerprint density at radius 3 is 2.46 bits per heavy atom. The van der Waals surface area contributed by atoms with Crippen molar-refractivity contribution in [2.24, 2.45) is 0 Å². The Bertz CT molecular complexity index is 686. The molecule has 146 valence electrons. The molecule has 0 spiro atoms.